The molecule has 104 valence electrons. The van der Waals surface area contributed by atoms with E-state index in [0.717, 1.165) is 24.8 Å². The van der Waals surface area contributed by atoms with Crippen LogP contribution in [0.4, 0.5) is 0 Å². The van der Waals surface area contributed by atoms with Crippen molar-refractivity contribution in [2.75, 3.05) is 0 Å². The van der Waals surface area contributed by atoms with Crippen molar-refractivity contribution in [2.24, 2.45) is 5.92 Å². The fraction of sp³-hybridized carbons (Fsp3) is 0.500. The van der Waals surface area contributed by atoms with Crippen LogP contribution in [0.2, 0.25) is 0 Å². The lowest BCUT2D eigenvalue weighted by atomic mass is 10.0. The third-order valence-electron chi connectivity index (χ3n) is 3.24. The van der Waals surface area contributed by atoms with Crippen molar-refractivity contribution in [3.8, 4) is 0 Å². The minimum Gasteiger partial charge on any atom is -0.352 e. The second-order valence-corrected chi connectivity index (χ2v) is 5.02. The van der Waals surface area contributed by atoms with Crippen LogP contribution in [0, 0.1) is 5.92 Å². The summed E-state index contributed by atoms with van der Waals surface area (Å²) >= 11 is 0. The van der Waals surface area contributed by atoms with E-state index in [1.807, 2.05) is 25.1 Å². The molecule has 0 aliphatic carbocycles. The van der Waals surface area contributed by atoms with E-state index in [0.29, 0.717) is 12.1 Å². The van der Waals surface area contributed by atoms with E-state index in [-0.39, 0.29) is 17.6 Å². The van der Waals surface area contributed by atoms with Gasteiger partial charge in [0.1, 0.15) is 0 Å². The maximum atomic E-state index is 11.9. The molecule has 3 nitrogen and oxygen atoms in total. The van der Waals surface area contributed by atoms with Crippen LogP contribution in [-0.4, -0.2) is 11.7 Å². The second kappa shape index (κ2) is 7.72. The topological polar surface area (TPSA) is 46.2 Å². The highest BCUT2D eigenvalue weighted by atomic mass is 16.1. The molecule has 1 N–H and O–H groups in total. The number of benzene rings is 1. The quantitative estimate of drug-likeness (QED) is 0.765. The summed E-state index contributed by atoms with van der Waals surface area (Å²) in [4.78, 5) is 23.1. The van der Waals surface area contributed by atoms with Gasteiger partial charge in [0.2, 0.25) is 5.91 Å². The van der Waals surface area contributed by atoms with Gasteiger partial charge in [0.25, 0.3) is 0 Å². The van der Waals surface area contributed by atoms with Crippen molar-refractivity contribution in [1.29, 1.82) is 0 Å². The normalized spacial score (nSPS) is 11.9. The summed E-state index contributed by atoms with van der Waals surface area (Å²) in [5, 5.41) is 2.92. The summed E-state index contributed by atoms with van der Waals surface area (Å²) in [5.74, 6) is 0.183. The number of hydrogen-bond donors (Lipinski definition) is 1. The fourth-order valence-corrected chi connectivity index (χ4v) is 1.91. The average Bonchev–Trinajstić information content (AvgIpc) is 2.42. The smallest absolute Gasteiger partial charge is 0.223 e. The summed E-state index contributed by atoms with van der Waals surface area (Å²) < 4.78 is 0. The zero-order valence-electron chi connectivity index (χ0n) is 12.0. The molecule has 1 aromatic rings. The Morgan fingerprint density at radius 2 is 2.05 bits per heavy atom. The van der Waals surface area contributed by atoms with Crippen LogP contribution in [0.1, 0.15) is 56.0 Å². The monoisotopic (exact) mass is 261 g/mol. The molecule has 1 amide bonds. The fourth-order valence-electron chi connectivity index (χ4n) is 1.91. The Morgan fingerprint density at radius 1 is 1.32 bits per heavy atom. The summed E-state index contributed by atoms with van der Waals surface area (Å²) in [6.07, 6.45) is 3.11. The molecular formula is C16H23NO2. The van der Waals surface area contributed by atoms with Crippen LogP contribution >= 0.6 is 0 Å². The van der Waals surface area contributed by atoms with Crippen LogP contribution in [0.25, 0.3) is 0 Å². The van der Waals surface area contributed by atoms with Gasteiger partial charge >= 0.3 is 0 Å². The molecule has 0 saturated carbocycles. The molecule has 0 heterocycles. The SMILES string of the molecule is CCCC[C@H](C)C(=O)NCc1cccc(C(C)=O)c1. The molecule has 0 aliphatic heterocycles. The lowest BCUT2D eigenvalue weighted by Gasteiger charge is -2.12. The second-order valence-electron chi connectivity index (χ2n) is 5.02. The van der Waals surface area contributed by atoms with Crippen LogP contribution in [0.15, 0.2) is 24.3 Å². The number of carbonyl (C=O) groups is 2. The first-order valence-corrected chi connectivity index (χ1v) is 6.92. The first-order valence-electron chi connectivity index (χ1n) is 6.92. The minimum absolute atomic E-state index is 0.0458. The summed E-state index contributed by atoms with van der Waals surface area (Å²) in [6, 6.07) is 7.39. The molecule has 19 heavy (non-hydrogen) atoms. The van der Waals surface area contributed by atoms with Gasteiger partial charge in [0, 0.05) is 18.0 Å². The van der Waals surface area contributed by atoms with E-state index < -0.39 is 0 Å². The van der Waals surface area contributed by atoms with Crippen molar-refractivity contribution in [3.63, 3.8) is 0 Å². The van der Waals surface area contributed by atoms with Crippen LogP contribution in [0.5, 0.6) is 0 Å². The number of hydrogen-bond acceptors (Lipinski definition) is 2. The highest BCUT2D eigenvalue weighted by Gasteiger charge is 2.11. The zero-order chi connectivity index (χ0) is 14.3. The number of carbonyl (C=O) groups excluding carboxylic acids is 2. The van der Waals surface area contributed by atoms with Crippen LogP contribution < -0.4 is 5.32 Å². The first kappa shape index (κ1) is 15.4. The number of nitrogens with one attached hydrogen (secondary N) is 1. The van der Waals surface area contributed by atoms with Crippen molar-refractivity contribution in [1.82, 2.24) is 5.32 Å². The summed E-state index contributed by atoms with van der Waals surface area (Å²) in [7, 11) is 0. The van der Waals surface area contributed by atoms with Crippen molar-refractivity contribution >= 4 is 11.7 Å². The Kier molecular flexibility index (Phi) is 6.26. The average molecular weight is 261 g/mol. The van der Waals surface area contributed by atoms with Gasteiger partial charge in [0.15, 0.2) is 5.78 Å². The number of ketones is 1. The molecule has 0 aliphatic rings. The summed E-state index contributed by atoms with van der Waals surface area (Å²) in [5.41, 5.74) is 1.65. The van der Waals surface area contributed by atoms with E-state index >= 15 is 0 Å². The van der Waals surface area contributed by atoms with Crippen molar-refractivity contribution in [3.05, 3.63) is 35.4 Å². The predicted octanol–water partition coefficient (Wildman–Crippen LogP) is 3.33. The molecule has 1 atom stereocenters. The predicted molar refractivity (Wildman–Crippen MR) is 77.0 cm³/mol. The number of rotatable bonds is 7. The van der Waals surface area contributed by atoms with Gasteiger partial charge in [-0.1, -0.05) is 44.9 Å². The van der Waals surface area contributed by atoms with Gasteiger partial charge in [-0.2, -0.15) is 0 Å². The van der Waals surface area contributed by atoms with Gasteiger partial charge in [-0.25, -0.2) is 0 Å². The van der Waals surface area contributed by atoms with Crippen LogP contribution in [-0.2, 0) is 11.3 Å². The molecule has 0 aromatic heterocycles. The van der Waals surface area contributed by atoms with Gasteiger partial charge in [-0.05, 0) is 25.0 Å². The van der Waals surface area contributed by atoms with E-state index in [1.165, 1.54) is 0 Å². The molecule has 0 radical (unpaired) electrons. The van der Waals surface area contributed by atoms with Gasteiger partial charge < -0.3 is 5.32 Å². The Balaban J connectivity index is 2.50. The minimum atomic E-state index is 0.0458. The number of unbranched alkanes of at least 4 members (excludes halogenated alkanes) is 1. The molecule has 0 fully saturated rings. The van der Waals surface area contributed by atoms with E-state index in [4.69, 9.17) is 0 Å². The lowest BCUT2D eigenvalue weighted by Crippen LogP contribution is -2.28. The molecule has 0 bridgehead atoms. The highest BCUT2D eigenvalue weighted by molar-refractivity contribution is 5.94. The van der Waals surface area contributed by atoms with E-state index in [9.17, 15) is 9.59 Å². The van der Waals surface area contributed by atoms with E-state index in [2.05, 4.69) is 12.2 Å². The maximum Gasteiger partial charge on any atom is 0.223 e. The molecular weight excluding hydrogens is 238 g/mol. The third-order valence-corrected chi connectivity index (χ3v) is 3.24. The molecule has 3 heteroatoms. The van der Waals surface area contributed by atoms with Gasteiger partial charge in [-0.15, -0.1) is 0 Å². The van der Waals surface area contributed by atoms with E-state index in [1.54, 1.807) is 13.0 Å². The number of amides is 1. The Hall–Kier alpha value is -1.64. The van der Waals surface area contributed by atoms with Crippen molar-refractivity contribution in [2.45, 2.75) is 46.6 Å². The van der Waals surface area contributed by atoms with Gasteiger partial charge in [0.05, 0.1) is 0 Å². The zero-order valence-corrected chi connectivity index (χ0v) is 12.0. The number of Topliss-reactive ketones (excluding diaryl/α,β-unsaturated/α-hetero) is 1. The molecule has 0 spiro atoms. The molecule has 1 aromatic carbocycles. The molecule has 0 unspecified atom stereocenters. The lowest BCUT2D eigenvalue weighted by molar-refractivity contribution is -0.124. The Labute approximate surface area is 115 Å². The molecule has 1 rings (SSSR count). The Bertz CT molecular complexity index is 440. The highest BCUT2D eigenvalue weighted by Crippen LogP contribution is 2.09. The first-order chi connectivity index (χ1) is 9.04. The maximum absolute atomic E-state index is 11.9. The Morgan fingerprint density at radius 3 is 2.68 bits per heavy atom. The molecule has 0 saturated heterocycles. The van der Waals surface area contributed by atoms with Gasteiger partial charge in [-0.3, -0.25) is 9.59 Å². The van der Waals surface area contributed by atoms with Crippen LogP contribution in [0.3, 0.4) is 0 Å². The largest absolute Gasteiger partial charge is 0.352 e. The van der Waals surface area contributed by atoms with Crippen molar-refractivity contribution < 1.29 is 9.59 Å². The third kappa shape index (κ3) is 5.25. The summed E-state index contributed by atoms with van der Waals surface area (Å²) in [6.45, 7) is 6.11. The standard InChI is InChI=1S/C16H23NO2/c1-4-5-7-12(2)16(19)17-11-14-8-6-9-15(10-14)13(3)18/h6,8-10,12H,4-5,7,11H2,1-3H3,(H,17,19)/t12-/m0/s1.